The summed E-state index contributed by atoms with van der Waals surface area (Å²) in [6.45, 7) is 2.61. The molecule has 4 nitrogen and oxygen atoms in total. The van der Waals surface area contributed by atoms with Gasteiger partial charge in [-0.05, 0) is 6.92 Å². The van der Waals surface area contributed by atoms with Crippen LogP contribution in [0.25, 0.3) is 0 Å². The fourth-order valence-electron chi connectivity index (χ4n) is 1.50. The van der Waals surface area contributed by atoms with Crippen molar-refractivity contribution in [1.82, 2.24) is 10.6 Å². The zero-order valence-corrected chi connectivity index (χ0v) is 5.76. The van der Waals surface area contributed by atoms with E-state index >= 15 is 0 Å². The van der Waals surface area contributed by atoms with Crippen molar-refractivity contribution in [2.45, 2.75) is 25.1 Å². The number of carbonyl (C=O) groups excluding carboxylic acids is 1. The third-order valence-electron chi connectivity index (χ3n) is 2.09. The van der Waals surface area contributed by atoms with E-state index in [1.54, 1.807) is 0 Å². The molecule has 10 heavy (non-hydrogen) atoms. The van der Waals surface area contributed by atoms with Crippen molar-refractivity contribution < 1.29 is 9.53 Å². The molecular weight excluding hydrogens is 132 g/mol. The molecule has 2 rings (SSSR count). The monoisotopic (exact) mass is 142 g/mol. The van der Waals surface area contributed by atoms with Crippen LogP contribution in [0.2, 0.25) is 0 Å². The summed E-state index contributed by atoms with van der Waals surface area (Å²) in [5, 5.41) is 5.56. The Labute approximate surface area is 58.9 Å². The lowest BCUT2D eigenvalue weighted by atomic mass is 10.1. The van der Waals surface area contributed by atoms with Crippen LogP contribution < -0.4 is 10.6 Å². The molecule has 0 aromatic carbocycles. The standard InChI is InChI=1S/C6H10N2O2/c1-3-5-4(2-10-3)7-6(9)8-5/h3-5H,2H2,1H3,(H2,7,8,9)/t3?,4-,5+/m0/s1. The van der Waals surface area contributed by atoms with Gasteiger partial charge < -0.3 is 15.4 Å². The molecule has 0 spiro atoms. The first-order chi connectivity index (χ1) is 4.77. The van der Waals surface area contributed by atoms with E-state index in [4.69, 9.17) is 4.74 Å². The van der Waals surface area contributed by atoms with E-state index in [-0.39, 0.29) is 24.2 Å². The van der Waals surface area contributed by atoms with Gasteiger partial charge in [0.1, 0.15) is 0 Å². The third kappa shape index (κ3) is 0.686. The van der Waals surface area contributed by atoms with E-state index in [9.17, 15) is 4.79 Å². The predicted molar refractivity (Wildman–Crippen MR) is 34.7 cm³/mol. The van der Waals surface area contributed by atoms with Crippen molar-refractivity contribution >= 4 is 6.03 Å². The normalized spacial score (nSPS) is 44.5. The van der Waals surface area contributed by atoms with Crippen LogP contribution in [-0.2, 0) is 4.74 Å². The minimum absolute atomic E-state index is 0.0647. The van der Waals surface area contributed by atoms with Crippen LogP contribution in [0.3, 0.4) is 0 Å². The fraction of sp³-hybridized carbons (Fsp3) is 0.833. The molecule has 1 unspecified atom stereocenters. The summed E-state index contributed by atoms with van der Waals surface area (Å²) in [6, 6.07) is 0.320. The van der Waals surface area contributed by atoms with Crippen LogP contribution in [0.5, 0.6) is 0 Å². The van der Waals surface area contributed by atoms with Crippen LogP contribution in [0.1, 0.15) is 6.92 Å². The predicted octanol–water partition coefficient (Wildman–Crippen LogP) is -0.545. The molecule has 0 aromatic rings. The van der Waals surface area contributed by atoms with Crippen molar-refractivity contribution in [2.75, 3.05) is 6.61 Å². The van der Waals surface area contributed by atoms with Crippen molar-refractivity contribution in [3.05, 3.63) is 0 Å². The molecule has 3 atom stereocenters. The van der Waals surface area contributed by atoms with E-state index < -0.39 is 0 Å². The molecule has 4 heteroatoms. The molecular formula is C6H10N2O2. The first-order valence-corrected chi connectivity index (χ1v) is 3.46. The van der Waals surface area contributed by atoms with Crippen LogP contribution in [0.15, 0.2) is 0 Å². The Morgan fingerprint density at radius 3 is 3.10 bits per heavy atom. The second-order valence-electron chi connectivity index (χ2n) is 2.79. The highest BCUT2D eigenvalue weighted by molar-refractivity contribution is 5.77. The fourth-order valence-corrected chi connectivity index (χ4v) is 1.50. The highest BCUT2D eigenvalue weighted by Crippen LogP contribution is 2.16. The van der Waals surface area contributed by atoms with Gasteiger partial charge in [-0.25, -0.2) is 4.79 Å². The van der Waals surface area contributed by atoms with Crippen LogP contribution in [0.4, 0.5) is 4.79 Å². The summed E-state index contributed by atoms with van der Waals surface area (Å²) in [6.07, 6.45) is 0.156. The van der Waals surface area contributed by atoms with Crippen molar-refractivity contribution in [1.29, 1.82) is 0 Å². The number of fused-ring (bicyclic) bond motifs is 1. The number of ether oxygens (including phenoxy) is 1. The van der Waals surface area contributed by atoms with Crippen molar-refractivity contribution in [2.24, 2.45) is 0 Å². The van der Waals surface area contributed by atoms with Gasteiger partial charge in [0.25, 0.3) is 0 Å². The minimum atomic E-state index is -0.0647. The molecule has 2 amide bonds. The highest BCUT2D eigenvalue weighted by Gasteiger charge is 2.41. The smallest absolute Gasteiger partial charge is 0.315 e. The van der Waals surface area contributed by atoms with Gasteiger partial charge in [0.05, 0.1) is 24.8 Å². The Bertz CT molecular complexity index is 171. The SMILES string of the molecule is CC1OC[C@@H]2NC(=O)N[C@H]12. The molecule has 2 saturated heterocycles. The Morgan fingerprint density at radius 1 is 1.60 bits per heavy atom. The molecule has 2 N–H and O–H groups in total. The zero-order valence-electron chi connectivity index (χ0n) is 5.76. The lowest BCUT2D eigenvalue weighted by Crippen LogP contribution is -2.35. The number of hydrogen-bond acceptors (Lipinski definition) is 2. The molecule has 2 aliphatic heterocycles. The van der Waals surface area contributed by atoms with Crippen LogP contribution >= 0.6 is 0 Å². The highest BCUT2D eigenvalue weighted by atomic mass is 16.5. The number of nitrogens with one attached hydrogen (secondary N) is 2. The Kier molecular flexibility index (Phi) is 1.11. The maximum atomic E-state index is 10.7. The van der Waals surface area contributed by atoms with E-state index in [2.05, 4.69) is 10.6 Å². The quantitative estimate of drug-likeness (QED) is 0.477. The summed E-state index contributed by atoms with van der Waals surface area (Å²) < 4.78 is 5.29. The molecule has 56 valence electrons. The molecule has 0 aromatic heterocycles. The average molecular weight is 142 g/mol. The van der Waals surface area contributed by atoms with Crippen LogP contribution in [-0.4, -0.2) is 30.8 Å². The summed E-state index contributed by atoms with van der Waals surface area (Å²) in [4.78, 5) is 10.7. The first-order valence-electron chi connectivity index (χ1n) is 3.46. The van der Waals surface area contributed by atoms with Crippen LogP contribution in [0, 0.1) is 0 Å². The Morgan fingerprint density at radius 2 is 2.40 bits per heavy atom. The van der Waals surface area contributed by atoms with Gasteiger partial charge in [-0.1, -0.05) is 0 Å². The van der Waals surface area contributed by atoms with E-state index in [1.165, 1.54) is 0 Å². The Balaban J connectivity index is 2.12. The average Bonchev–Trinajstić information content (AvgIpc) is 2.35. The number of hydrogen-bond donors (Lipinski definition) is 2. The Hall–Kier alpha value is -0.770. The van der Waals surface area contributed by atoms with Crippen molar-refractivity contribution in [3.63, 3.8) is 0 Å². The largest absolute Gasteiger partial charge is 0.374 e. The summed E-state index contributed by atoms with van der Waals surface area (Å²) >= 11 is 0. The second-order valence-corrected chi connectivity index (χ2v) is 2.79. The van der Waals surface area contributed by atoms with Gasteiger partial charge in [0.2, 0.25) is 0 Å². The van der Waals surface area contributed by atoms with Gasteiger partial charge in [0.15, 0.2) is 0 Å². The topological polar surface area (TPSA) is 50.4 Å². The number of amides is 2. The van der Waals surface area contributed by atoms with E-state index in [0.717, 1.165) is 0 Å². The van der Waals surface area contributed by atoms with Gasteiger partial charge in [0, 0.05) is 0 Å². The molecule has 0 saturated carbocycles. The molecule has 0 bridgehead atoms. The van der Waals surface area contributed by atoms with Gasteiger partial charge in [-0.2, -0.15) is 0 Å². The number of rotatable bonds is 0. The van der Waals surface area contributed by atoms with Gasteiger partial charge in [-0.15, -0.1) is 0 Å². The summed E-state index contributed by atoms with van der Waals surface area (Å²) in [7, 11) is 0. The molecule has 2 aliphatic rings. The number of carbonyl (C=O) groups is 1. The second kappa shape index (κ2) is 1.85. The van der Waals surface area contributed by atoms with Gasteiger partial charge >= 0.3 is 6.03 Å². The van der Waals surface area contributed by atoms with E-state index in [0.29, 0.717) is 6.61 Å². The first kappa shape index (κ1) is 5.97. The molecule has 0 radical (unpaired) electrons. The van der Waals surface area contributed by atoms with Crippen molar-refractivity contribution in [3.8, 4) is 0 Å². The summed E-state index contributed by atoms with van der Waals surface area (Å²) in [5.41, 5.74) is 0. The molecule has 2 heterocycles. The molecule has 0 aliphatic carbocycles. The maximum Gasteiger partial charge on any atom is 0.315 e. The maximum absolute atomic E-state index is 10.7. The van der Waals surface area contributed by atoms with Gasteiger partial charge in [-0.3, -0.25) is 0 Å². The zero-order chi connectivity index (χ0) is 7.14. The summed E-state index contributed by atoms with van der Waals surface area (Å²) in [5.74, 6) is 0. The lowest BCUT2D eigenvalue weighted by molar-refractivity contribution is 0.110. The molecule has 2 fully saturated rings. The minimum Gasteiger partial charge on any atom is -0.374 e. The lowest BCUT2D eigenvalue weighted by Gasteiger charge is -2.09. The number of urea groups is 1. The van der Waals surface area contributed by atoms with E-state index in [1.807, 2.05) is 6.92 Å². The third-order valence-corrected chi connectivity index (χ3v) is 2.09.